The van der Waals surface area contributed by atoms with E-state index in [-0.39, 0.29) is 17.1 Å². The molecule has 3 nitrogen and oxygen atoms in total. The van der Waals surface area contributed by atoms with E-state index in [1.807, 2.05) is 6.92 Å². The van der Waals surface area contributed by atoms with Crippen molar-refractivity contribution in [3.63, 3.8) is 0 Å². The highest BCUT2D eigenvalue weighted by atomic mass is 35.5. The van der Waals surface area contributed by atoms with E-state index in [9.17, 15) is 9.90 Å². The number of allylic oxidation sites excluding steroid dienone is 2. The normalized spacial score (nSPS) is 12.7. The van der Waals surface area contributed by atoms with Crippen molar-refractivity contribution in [3.05, 3.63) is 40.1 Å². The monoisotopic (exact) mass is 265 g/mol. The lowest BCUT2D eigenvalue weighted by molar-refractivity contribution is -0.113. The predicted octanol–water partition coefficient (Wildman–Crippen LogP) is 4.16. The lowest BCUT2D eigenvalue weighted by Crippen LogP contribution is -2.02. The molecule has 96 valence electrons. The molecular formula is C14H16ClNO2. The lowest BCUT2D eigenvalue weighted by Gasteiger charge is -2.02. The molecule has 1 aromatic carbocycles. The number of carbonyl (C=O) groups is 1. The largest absolute Gasteiger partial charge is 0.512 e. The lowest BCUT2D eigenvalue weighted by atomic mass is 10.1. The Morgan fingerprint density at radius 1 is 1.50 bits per heavy atom. The van der Waals surface area contributed by atoms with Crippen molar-refractivity contribution in [2.75, 3.05) is 0 Å². The van der Waals surface area contributed by atoms with Crippen molar-refractivity contribution in [3.8, 4) is 0 Å². The second-order valence-electron chi connectivity index (χ2n) is 3.96. The molecule has 0 unspecified atom stereocenters. The van der Waals surface area contributed by atoms with Crippen LogP contribution in [0.1, 0.15) is 25.8 Å². The van der Waals surface area contributed by atoms with Crippen LogP contribution in [0.5, 0.6) is 0 Å². The zero-order valence-corrected chi connectivity index (χ0v) is 11.5. The first kappa shape index (κ1) is 14.5. The number of hydrogen-bond acceptors (Lipinski definition) is 3. The van der Waals surface area contributed by atoms with Crippen LogP contribution in [0.25, 0.3) is 0 Å². The van der Waals surface area contributed by atoms with E-state index in [0.29, 0.717) is 11.4 Å². The number of aliphatic imine (C=N–C) groups is 1. The minimum absolute atomic E-state index is 0.0536. The van der Waals surface area contributed by atoms with Crippen molar-refractivity contribution < 1.29 is 9.90 Å². The van der Waals surface area contributed by atoms with Crippen molar-refractivity contribution in [2.24, 2.45) is 4.99 Å². The van der Waals surface area contributed by atoms with E-state index in [2.05, 4.69) is 4.99 Å². The average Bonchev–Trinajstić information content (AvgIpc) is 2.31. The number of ketones is 1. The second kappa shape index (κ2) is 6.36. The van der Waals surface area contributed by atoms with Gasteiger partial charge in [-0.3, -0.25) is 9.79 Å². The Hall–Kier alpha value is -1.61. The van der Waals surface area contributed by atoms with Gasteiger partial charge < -0.3 is 5.11 Å². The number of carbonyl (C=O) groups excluding carboxylic acids is 1. The number of nitrogens with zero attached hydrogens (tertiary/aromatic N) is 1. The maximum absolute atomic E-state index is 11.4. The topological polar surface area (TPSA) is 49.7 Å². The second-order valence-corrected chi connectivity index (χ2v) is 4.40. The van der Waals surface area contributed by atoms with Gasteiger partial charge in [-0.25, -0.2) is 0 Å². The summed E-state index contributed by atoms with van der Waals surface area (Å²) in [7, 11) is 0. The fourth-order valence-electron chi connectivity index (χ4n) is 1.46. The van der Waals surface area contributed by atoms with Crippen molar-refractivity contribution in [1.82, 2.24) is 0 Å². The smallest absolute Gasteiger partial charge is 0.164 e. The van der Waals surface area contributed by atoms with Gasteiger partial charge in [0.15, 0.2) is 5.78 Å². The molecule has 0 aliphatic heterocycles. The van der Waals surface area contributed by atoms with E-state index in [4.69, 9.17) is 11.6 Å². The fraction of sp³-hybridized carbons (Fsp3) is 0.286. The number of aryl methyl sites for hydroxylation is 1. The zero-order chi connectivity index (χ0) is 13.7. The molecule has 18 heavy (non-hydrogen) atoms. The van der Waals surface area contributed by atoms with Gasteiger partial charge in [0.05, 0.1) is 11.3 Å². The molecule has 0 saturated carbocycles. The fourth-order valence-corrected chi connectivity index (χ4v) is 1.68. The van der Waals surface area contributed by atoms with Gasteiger partial charge in [-0.05, 0) is 37.6 Å². The summed E-state index contributed by atoms with van der Waals surface area (Å²) in [5.41, 5.74) is 1.88. The maximum atomic E-state index is 11.4. The van der Waals surface area contributed by atoms with Crippen LogP contribution in [0.4, 0.5) is 5.69 Å². The molecule has 0 aliphatic carbocycles. The molecule has 0 amide bonds. The van der Waals surface area contributed by atoms with Gasteiger partial charge in [-0.2, -0.15) is 0 Å². The third kappa shape index (κ3) is 3.70. The maximum Gasteiger partial charge on any atom is 0.164 e. The molecule has 0 bridgehead atoms. The molecule has 4 heteroatoms. The summed E-state index contributed by atoms with van der Waals surface area (Å²) in [6.07, 6.45) is 1.80. The number of aliphatic hydroxyl groups excluding tert-OH is 1. The Labute approximate surface area is 112 Å². The van der Waals surface area contributed by atoms with Crippen LogP contribution in [0.3, 0.4) is 0 Å². The number of aliphatic hydroxyl groups is 1. The summed E-state index contributed by atoms with van der Waals surface area (Å²) < 4.78 is 0. The van der Waals surface area contributed by atoms with Gasteiger partial charge in [-0.15, -0.1) is 0 Å². The summed E-state index contributed by atoms with van der Waals surface area (Å²) in [6.45, 7) is 5.07. The Kier molecular flexibility index (Phi) is 5.10. The molecule has 0 saturated heterocycles. The molecule has 1 N–H and O–H groups in total. The number of halogens is 1. The third-order valence-electron chi connectivity index (χ3n) is 2.52. The third-order valence-corrected chi connectivity index (χ3v) is 2.75. The quantitative estimate of drug-likeness (QED) is 0.505. The minimum Gasteiger partial charge on any atom is -0.512 e. The average molecular weight is 266 g/mol. The van der Waals surface area contributed by atoms with Crippen LogP contribution in [-0.2, 0) is 4.79 Å². The number of hydrogen-bond donors (Lipinski definition) is 1. The van der Waals surface area contributed by atoms with Crippen LogP contribution < -0.4 is 0 Å². The van der Waals surface area contributed by atoms with Crippen molar-refractivity contribution in [1.29, 1.82) is 0 Å². The van der Waals surface area contributed by atoms with E-state index in [0.717, 1.165) is 11.3 Å². The van der Waals surface area contributed by atoms with Gasteiger partial charge in [0.1, 0.15) is 5.76 Å². The summed E-state index contributed by atoms with van der Waals surface area (Å²) >= 11 is 5.85. The first-order valence-electron chi connectivity index (χ1n) is 5.69. The van der Waals surface area contributed by atoms with Crippen molar-refractivity contribution in [2.45, 2.75) is 27.2 Å². The molecule has 0 heterocycles. The standard InChI is InChI=1S/C14H16ClNO2/c1-4-14(18)12(10(3)17)8-16-13-6-5-11(15)7-9(13)2/h5-8,18H,4H2,1-3H3. The van der Waals surface area contributed by atoms with Gasteiger partial charge in [0.25, 0.3) is 0 Å². The Morgan fingerprint density at radius 3 is 2.67 bits per heavy atom. The molecule has 1 rings (SSSR count). The van der Waals surface area contributed by atoms with Crippen LogP contribution >= 0.6 is 11.6 Å². The summed E-state index contributed by atoms with van der Waals surface area (Å²) in [6, 6.07) is 5.30. The molecule has 0 aliphatic rings. The Morgan fingerprint density at radius 2 is 2.17 bits per heavy atom. The molecule has 1 aromatic rings. The predicted molar refractivity (Wildman–Crippen MR) is 75.0 cm³/mol. The SMILES string of the molecule is CCC(O)=C(C=Nc1ccc(Cl)cc1C)C(C)=O. The van der Waals surface area contributed by atoms with Gasteiger partial charge >= 0.3 is 0 Å². The molecule has 0 atom stereocenters. The molecule has 0 radical (unpaired) electrons. The Balaban J connectivity index is 3.08. The van der Waals surface area contributed by atoms with Crippen LogP contribution in [0, 0.1) is 6.92 Å². The van der Waals surface area contributed by atoms with Gasteiger partial charge in [-0.1, -0.05) is 18.5 Å². The number of rotatable bonds is 4. The summed E-state index contributed by atoms with van der Waals surface area (Å²) in [5.74, 6) is -0.150. The highest BCUT2D eigenvalue weighted by Gasteiger charge is 2.07. The highest BCUT2D eigenvalue weighted by molar-refractivity contribution is 6.30. The highest BCUT2D eigenvalue weighted by Crippen LogP contribution is 2.22. The van der Waals surface area contributed by atoms with Crippen LogP contribution in [0.2, 0.25) is 5.02 Å². The first-order valence-corrected chi connectivity index (χ1v) is 6.06. The van der Waals surface area contributed by atoms with Gasteiger partial charge in [0, 0.05) is 17.7 Å². The molecule has 0 spiro atoms. The summed E-state index contributed by atoms with van der Waals surface area (Å²) in [5, 5.41) is 10.3. The van der Waals surface area contributed by atoms with Crippen LogP contribution in [-0.4, -0.2) is 17.1 Å². The summed E-state index contributed by atoms with van der Waals surface area (Å²) in [4.78, 5) is 15.6. The van der Waals surface area contributed by atoms with E-state index in [1.54, 1.807) is 25.1 Å². The molecular weight excluding hydrogens is 250 g/mol. The van der Waals surface area contributed by atoms with E-state index in [1.165, 1.54) is 13.1 Å². The zero-order valence-electron chi connectivity index (χ0n) is 10.7. The van der Waals surface area contributed by atoms with Crippen molar-refractivity contribution >= 4 is 29.3 Å². The number of benzene rings is 1. The Bertz CT molecular complexity index is 519. The minimum atomic E-state index is -0.204. The van der Waals surface area contributed by atoms with Crippen LogP contribution in [0.15, 0.2) is 34.5 Å². The van der Waals surface area contributed by atoms with E-state index >= 15 is 0 Å². The molecule has 0 fully saturated rings. The van der Waals surface area contributed by atoms with Gasteiger partial charge in [0.2, 0.25) is 0 Å². The van der Waals surface area contributed by atoms with E-state index < -0.39 is 0 Å². The molecule has 0 aromatic heterocycles. The number of Topliss-reactive ketones (excluding diaryl/α,β-unsaturated/α-hetero) is 1. The first-order chi connectivity index (χ1) is 8.45.